The Bertz CT molecular complexity index is 201. The largest absolute Gasteiger partial charge is 0.360 e. The lowest BCUT2D eigenvalue weighted by Crippen LogP contribution is -2.45. The Kier molecular flexibility index (Phi) is 2.72. The Balaban J connectivity index is 1.61. The Hall–Kier alpha value is -0.310. The SMILES string of the molecule is CC[C@@H]1C[C@H]1NC(=S)NC1CCC1. The van der Waals surface area contributed by atoms with E-state index in [-0.39, 0.29) is 0 Å². The third-order valence-corrected chi connectivity index (χ3v) is 3.44. The first-order valence-corrected chi connectivity index (χ1v) is 5.77. The van der Waals surface area contributed by atoms with E-state index in [1.54, 1.807) is 0 Å². The highest BCUT2D eigenvalue weighted by Crippen LogP contribution is 2.33. The summed E-state index contributed by atoms with van der Waals surface area (Å²) in [4.78, 5) is 0. The van der Waals surface area contributed by atoms with Gasteiger partial charge in [-0.05, 0) is 43.8 Å². The molecule has 2 saturated carbocycles. The van der Waals surface area contributed by atoms with Crippen molar-refractivity contribution in [2.75, 3.05) is 0 Å². The molecule has 2 atom stereocenters. The van der Waals surface area contributed by atoms with Crippen molar-refractivity contribution < 1.29 is 0 Å². The van der Waals surface area contributed by atoms with Gasteiger partial charge in [-0.2, -0.15) is 0 Å². The van der Waals surface area contributed by atoms with Crippen LogP contribution in [0.2, 0.25) is 0 Å². The first-order chi connectivity index (χ1) is 6.29. The van der Waals surface area contributed by atoms with Crippen molar-refractivity contribution in [3.05, 3.63) is 0 Å². The molecule has 2 fully saturated rings. The van der Waals surface area contributed by atoms with E-state index in [2.05, 4.69) is 17.6 Å². The Morgan fingerprint density at radius 3 is 2.62 bits per heavy atom. The van der Waals surface area contributed by atoms with E-state index in [1.165, 1.54) is 32.1 Å². The second-order valence-electron chi connectivity index (χ2n) is 4.26. The molecule has 0 bridgehead atoms. The highest BCUT2D eigenvalue weighted by Gasteiger charge is 2.35. The van der Waals surface area contributed by atoms with Crippen molar-refractivity contribution in [2.24, 2.45) is 5.92 Å². The summed E-state index contributed by atoms with van der Waals surface area (Å²) in [6.45, 7) is 2.24. The lowest BCUT2D eigenvalue weighted by Gasteiger charge is -2.27. The van der Waals surface area contributed by atoms with Crippen LogP contribution in [0, 0.1) is 5.92 Å². The predicted molar refractivity (Wildman–Crippen MR) is 58.7 cm³/mol. The first-order valence-electron chi connectivity index (χ1n) is 5.36. The molecule has 2 aliphatic rings. The number of thiocarbonyl (C=S) groups is 1. The van der Waals surface area contributed by atoms with Gasteiger partial charge in [-0.15, -0.1) is 0 Å². The van der Waals surface area contributed by atoms with Crippen LogP contribution in [0.15, 0.2) is 0 Å². The molecule has 3 heteroatoms. The van der Waals surface area contributed by atoms with Gasteiger partial charge in [0.05, 0.1) is 0 Å². The topological polar surface area (TPSA) is 24.1 Å². The maximum Gasteiger partial charge on any atom is 0.166 e. The Labute approximate surface area is 85.5 Å². The van der Waals surface area contributed by atoms with Crippen molar-refractivity contribution in [1.29, 1.82) is 0 Å². The van der Waals surface area contributed by atoms with Crippen molar-refractivity contribution in [3.63, 3.8) is 0 Å². The van der Waals surface area contributed by atoms with Crippen LogP contribution >= 0.6 is 12.2 Å². The monoisotopic (exact) mass is 198 g/mol. The van der Waals surface area contributed by atoms with Crippen molar-refractivity contribution in [2.45, 2.75) is 51.1 Å². The van der Waals surface area contributed by atoms with E-state index in [1.807, 2.05) is 0 Å². The molecular weight excluding hydrogens is 180 g/mol. The summed E-state index contributed by atoms with van der Waals surface area (Å²) >= 11 is 5.23. The molecule has 13 heavy (non-hydrogen) atoms. The summed E-state index contributed by atoms with van der Waals surface area (Å²) in [5, 5.41) is 7.61. The minimum absolute atomic E-state index is 0.666. The van der Waals surface area contributed by atoms with Crippen LogP contribution < -0.4 is 10.6 Å². The van der Waals surface area contributed by atoms with Gasteiger partial charge >= 0.3 is 0 Å². The smallest absolute Gasteiger partial charge is 0.166 e. The number of rotatable bonds is 3. The van der Waals surface area contributed by atoms with Gasteiger partial charge in [0.25, 0.3) is 0 Å². The van der Waals surface area contributed by atoms with E-state index >= 15 is 0 Å². The Morgan fingerprint density at radius 1 is 1.38 bits per heavy atom. The molecule has 0 saturated heterocycles. The van der Waals surface area contributed by atoms with Crippen LogP contribution in [0.3, 0.4) is 0 Å². The van der Waals surface area contributed by atoms with Crippen LogP contribution in [-0.2, 0) is 0 Å². The standard InChI is InChI=1S/C10H18N2S/c1-2-7-6-9(7)12-10(13)11-8-4-3-5-8/h7-9H,2-6H2,1H3,(H2,11,12,13)/t7-,9-/m1/s1. The van der Waals surface area contributed by atoms with Crippen LogP contribution in [0.1, 0.15) is 39.0 Å². The van der Waals surface area contributed by atoms with Crippen molar-refractivity contribution >= 4 is 17.3 Å². The molecule has 0 aromatic carbocycles. The molecule has 0 aromatic rings. The van der Waals surface area contributed by atoms with Gasteiger partial charge in [0, 0.05) is 12.1 Å². The van der Waals surface area contributed by atoms with Crippen LogP contribution in [0.25, 0.3) is 0 Å². The van der Waals surface area contributed by atoms with Gasteiger partial charge in [0.2, 0.25) is 0 Å². The minimum Gasteiger partial charge on any atom is -0.360 e. The summed E-state index contributed by atoms with van der Waals surface area (Å²) in [6, 6.07) is 1.34. The van der Waals surface area contributed by atoms with Crippen molar-refractivity contribution in [1.82, 2.24) is 10.6 Å². The second kappa shape index (κ2) is 3.82. The fraction of sp³-hybridized carbons (Fsp3) is 0.900. The molecule has 0 unspecified atom stereocenters. The highest BCUT2D eigenvalue weighted by atomic mass is 32.1. The van der Waals surface area contributed by atoms with Crippen LogP contribution in [0.4, 0.5) is 0 Å². The van der Waals surface area contributed by atoms with E-state index in [0.29, 0.717) is 12.1 Å². The molecule has 2 rings (SSSR count). The first kappa shape index (κ1) is 9.25. The van der Waals surface area contributed by atoms with Gasteiger partial charge in [-0.3, -0.25) is 0 Å². The third-order valence-electron chi connectivity index (χ3n) is 3.20. The van der Waals surface area contributed by atoms with Gasteiger partial charge in [-0.1, -0.05) is 13.3 Å². The molecule has 2 N–H and O–H groups in total. The zero-order valence-electron chi connectivity index (χ0n) is 8.18. The van der Waals surface area contributed by atoms with Crippen molar-refractivity contribution in [3.8, 4) is 0 Å². The molecule has 2 nitrogen and oxygen atoms in total. The van der Waals surface area contributed by atoms with Gasteiger partial charge in [-0.25, -0.2) is 0 Å². The van der Waals surface area contributed by atoms with E-state index in [4.69, 9.17) is 12.2 Å². The lowest BCUT2D eigenvalue weighted by atomic mass is 9.93. The average molecular weight is 198 g/mol. The molecule has 0 aromatic heterocycles. The lowest BCUT2D eigenvalue weighted by molar-refractivity contribution is 0.381. The number of nitrogens with one attached hydrogen (secondary N) is 2. The van der Waals surface area contributed by atoms with Gasteiger partial charge in [0.15, 0.2) is 5.11 Å². The van der Waals surface area contributed by atoms with Crippen LogP contribution in [-0.4, -0.2) is 17.2 Å². The van der Waals surface area contributed by atoms with E-state index in [9.17, 15) is 0 Å². The average Bonchev–Trinajstić information content (AvgIpc) is 2.76. The fourth-order valence-corrected chi connectivity index (χ4v) is 2.14. The maximum absolute atomic E-state index is 5.23. The zero-order valence-corrected chi connectivity index (χ0v) is 8.99. The highest BCUT2D eigenvalue weighted by molar-refractivity contribution is 7.80. The molecular formula is C10H18N2S. The molecule has 0 aliphatic heterocycles. The third kappa shape index (κ3) is 2.33. The van der Waals surface area contributed by atoms with Gasteiger partial charge < -0.3 is 10.6 Å². The summed E-state index contributed by atoms with van der Waals surface area (Å²) in [6.07, 6.45) is 6.54. The molecule has 0 amide bonds. The summed E-state index contributed by atoms with van der Waals surface area (Å²) in [5.41, 5.74) is 0. The normalized spacial score (nSPS) is 32.1. The summed E-state index contributed by atoms with van der Waals surface area (Å²) in [5.74, 6) is 0.876. The van der Waals surface area contributed by atoms with Gasteiger partial charge in [0.1, 0.15) is 0 Å². The maximum atomic E-state index is 5.23. The van der Waals surface area contributed by atoms with E-state index in [0.717, 1.165) is 11.0 Å². The Morgan fingerprint density at radius 2 is 2.15 bits per heavy atom. The summed E-state index contributed by atoms with van der Waals surface area (Å²) in [7, 11) is 0. The fourth-order valence-electron chi connectivity index (χ4n) is 1.82. The molecule has 2 aliphatic carbocycles. The summed E-state index contributed by atoms with van der Waals surface area (Å²) < 4.78 is 0. The number of hydrogen-bond donors (Lipinski definition) is 2. The zero-order chi connectivity index (χ0) is 9.26. The second-order valence-corrected chi connectivity index (χ2v) is 4.66. The van der Waals surface area contributed by atoms with E-state index < -0.39 is 0 Å². The quantitative estimate of drug-likeness (QED) is 0.676. The predicted octanol–water partition coefficient (Wildman–Crippen LogP) is 1.80. The molecule has 0 heterocycles. The molecule has 0 radical (unpaired) electrons. The minimum atomic E-state index is 0.666. The van der Waals surface area contributed by atoms with Crippen LogP contribution in [0.5, 0.6) is 0 Å². The molecule has 74 valence electrons. The number of hydrogen-bond acceptors (Lipinski definition) is 1. The molecule has 0 spiro atoms.